The first-order chi connectivity index (χ1) is 10.2. The number of aryl methyl sites for hydroxylation is 1. The summed E-state index contributed by atoms with van der Waals surface area (Å²) in [6, 6.07) is 9.70. The standard InChI is InChI=1S/C16H14BrN3O/c1-10-2-3-11(8-18)6-15(10)21-14-4-5-19-13-7-12(17)9-20-16(13)14/h2-7,9H,8,18H2,1H3. The van der Waals surface area contributed by atoms with Crippen LogP contribution in [0, 0.1) is 6.92 Å². The third-order valence-corrected chi connectivity index (χ3v) is 3.65. The Morgan fingerprint density at radius 1 is 1.14 bits per heavy atom. The number of nitrogens with zero attached hydrogens (tertiary/aromatic N) is 2. The molecule has 1 aromatic carbocycles. The number of nitrogens with two attached hydrogens (primary N) is 1. The summed E-state index contributed by atoms with van der Waals surface area (Å²) >= 11 is 3.40. The molecule has 0 atom stereocenters. The lowest BCUT2D eigenvalue weighted by Gasteiger charge is -2.11. The average molecular weight is 344 g/mol. The predicted octanol–water partition coefficient (Wildman–Crippen LogP) is 3.95. The van der Waals surface area contributed by atoms with Crippen LogP contribution >= 0.6 is 15.9 Å². The van der Waals surface area contributed by atoms with Crippen molar-refractivity contribution in [3.05, 3.63) is 58.3 Å². The summed E-state index contributed by atoms with van der Waals surface area (Å²) in [4.78, 5) is 8.70. The van der Waals surface area contributed by atoms with Crippen molar-refractivity contribution in [1.82, 2.24) is 9.97 Å². The molecule has 0 aliphatic rings. The zero-order chi connectivity index (χ0) is 14.8. The molecular weight excluding hydrogens is 330 g/mol. The maximum absolute atomic E-state index is 6.03. The number of pyridine rings is 2. The van der Waals surface area contributed by atoms with Gasteiger partial charge in [0.1, 0.15) is 11.3 Å². The summed E-state index contributed by atoms with van der Waals surface area (Å²) in [6.07, 6.45) is 3.45. The molecule has 0 fully saturated rings. The molecule has 2 N–H and O–H groups in total. The fraction of sp³-hybridized carbons (Fsp3) is 0.125. The Morgan fingerprint density at radius 3 is 2.81 bits per heavy atom. The van der Waals surface area contributed by atoms with E-state index >= 15 is 0 Å². The molecule has 2 heterocycles. The lowest BCUT2D eigenvalue weighted by Crippen LogP contribution is -1.98. The number of aromatic nitrogens is 2. The Balaban J connectivity index is 2.06. The van der Waals surface area contributed by atoms with Crippen LogP contribution in [0.3, 0.4) is 0 Å². The normalized spacial score (nSPS) is 10.8. The van der Waals surface area contributed by atoms with E-state index < -0.39 is 0 Å². The van der Waals surface area contributed by atoms with E-state index in [2.05, 4.69) is 25.9 Å². The van der Waals surface area contributed by atoms with Crippen molar-refractivity contribution in [3.63, 3.8) is 0 Å². The molecule has 21 heavy (non-hydrogen) atoms. The zero-order valence-corrected chi connectivity index (χ0v) is 13.1. The summed E-state index contributed by atoms with van der Waals surface area (Å²) in [5.41, 5.74) is 9.29. The van der Waals surface area contributed by atoms with Crippen molar-refractivity contribution < 1.29 is 4.74 Å². The number of hydrogen-bond acceptors (Lipinski definition) is 4. The van der Waals surface area contributed by atoms with Crippen molar-refractivity contribution in [2.75, 3.05) is 0 Å². The van der Waals surface area contributed by atoms with Gasteiger partial charge in [0.05, 0.1) is 5.52 Å². The van der Waals surface area contributed by atoms with Gasteiger partial charge in [-0.25, -0.2) is 4.98 Å². The van der Waals surface area contributed by atoms with Crippen LogP contribution in [-0.2, 0) is 6.54 Å². The third-order valence-electron chi connectivity index (χ3n) is 3.22. The largest absolute Gasteiger partial charge is 0.455 e. The van der Waals surface area contributed by atoms with Crippen LogP contribution in [0.25, 0.3) is 11.0 Å². The summed E-state index contributed by atoms with van der Waals surface area (Å²) in [7, 11) is 0. The van der Waals surface area contributed by atoms with Gasteiger partial charge in [0.15, 0.2) is 5.75 Å². The molecule has 0 unspecified atom stereocenters. The third kappa shape index (κ3) is 2.89. The lowest BCUT2D eigenvalue weighted by atomic mass is 10.1. The molecule has 3 rings (SSSR count). The van der Waals surface area contributed by atoms with Gasteiger partial charge in [0.25, 0.3) is 0 Å². The van der Waals surface area contributed by atoms with Crippen LogP contribution in [0.5, 0.6) is 11.5 Å². The lowest BCUT2D eigenvalue weighted by molar-refractivity contribution is 0.482. The highest BCUT2D eigenvalue weighted by molar-refractivity contribution is 9.10. The van der Waals surface area contributed by atoms with Gasteiger partial charge in [-0.3, -0.25) is 4.98 Å². The minimum atomic E-state index is 0.485. The molecule has 0 spiro atoms. The molecule has 0 aliphatic heterocycles. The SMILES string of the molecule is Cc1ccc(CN)cc1Oc1ccnc2cc(Br)cnc12. The van der Waals surface area contributed by atoms with Crippen LogP contribution in [0.2, 0.25) is 0 Å². The van der Waals surface area contributed by atoms with E-state index in [0.717, 1.165) is 32.4 Å². The van der Waals surface area contributed by atoms with Gasteiger partial charge in [-0.1, -0.05) is 12.1 Å². The number of benzene rings is 1. The quantitative estimate of drug-likeness (QED) is 0.781. The van der Waals surface area contributed by atoms with Crippen molar-refractivity contribution in [2.24, 2.45) is 5.73 Å². The van der Waals surface area contributed by atoms with Gasteiger partial charge in [-0.2, -0.15) is 0 Å². The van der Waals surface area contributed by atoms with Crippen LogP contribution in [-0.4, -0.2) is 9.97 Å². The number of ether oxygens (including phenoxy) is 1. The molecule has 0 saturated heterocycles. The molecule has 3 aromatic rings. The van der Waals surface area contributed by atoms with E-state index in [1.54, 1.807) is 12.4 Å². The molecule has 0 bridgehead atoms. The van der Waals surface area contributed by atoms with Gasteiger partial charge in [0.2, 0.25) is 0 Å². The topological polar surface area (TPSA) is 61.0 Å². The highest BCUT2D eigenvalue weighted by Gasteiger charge is 2.08. The Bertz CT molecular complexity index is 805. The van der Waals surface area contributed by atoms with E-state index in [4.69, 9.17) is 10.5 Å². The number of fused-ring (bicyclic) bond motifs is 1. The van der Waals surface area contributed by atoms with E-state index in [9.17, 15) is 0 Å². The van der Waals surface area contributed by atoms with Gasteiger partial charge < -0.3 is 10.5 Å². The molecular formula is C16H14BrN3O. The maximum Gasteiger partial charge on any atom is 0.156 e. The number of hydrogen-bond donors (Lipinski definition) is 1. The van der Waals surface area contributed by atoms with Gasteiger partial charge >= 0.3 is 0 Å². The highest BCUT2D eigenvalue weighted by atomic mass is 79.9. The number of rotatable bonds is 3. The molecule has 2 aromatic heterocycles. The fourth-order valence-electron chi connectivity index (χ4n) is 2.06. The predicted molar refractivity (Wildman–Crippen MR) is 86.4 cm³/mol. The van der Waals surface area contributed by atoms with Gasteiger partial charge in [-0.15, -0.1) is 0 Å². The molecule has 0 radical (unpaired) electrons. The summed E-state index contributed by atoms with van der Waals surface area (Å²) in [5.74, 6) is 1.47. The second-order valence-corrected chi connectivity index (χ2v) is 5.65. The molecule has 5 heteroatoms. The highest BCUT2D eigenvalue weighted by Crippen LogP contribution is 2.30. The summed E-state index contributed by atoms with van der Waals surface area (Å²) in [5, 5.41) is 0. The Hall–Kier alpha value is -1.98. The monoisotopic (exact) mass is 343 g/mol. The van der Waals surface area contributed by atoms with Crippen molar-refractivity contribution in [2.45, 2.75) is 13.5 Å². The molecule has 0 aliphatic carbocycles. The first-order valence-electron chi connectivity index (χ1n) is 6.55. The smallest absolute Gasteiger partial charge is 0.156 e. The first-order valence-corrected chi connectivity index (χ1v) is 7.34. The Morgan fingerprint density at radius 2 is 2.00 bits per heavy atom. The summed E-state index contributed by atoms with van der Waals surface area (Å²) < 4.78 is 6.92. The molecule has 106 valence electrons. The van der Waals surface area contributed by atoms with Crippen molar-refractivity contribution in [3.8, 4) is 11.5 Å². The molecule has 4 nitrogen and oxygen atoms in total. The minimum absolute atomic E-state index is 0.485. The summed E-state index contributed by atoms with van der Waals surface area (Å²) in [6.45, 7) is 2.49. The average Bonchev–Trinajstić information content (AvgIpc) is 2.49. The fourth-order valence-corrected chi connectivity index (χ4v) is 2.38. The minimum Gasteiger partial charge on any atom is -0.455 e. The van der Waals surface area contributed by atoms with Crippen LogP contribution in [0.15, 0.2) is 47.2 Å². The zero-order valence-electron chi connectivity index (χ0n) is 11.5. The van der Waals surface area contributed by atoms with Crippen molar-refractivity contribution >= 4 is 27.0 Å². The second kappa shape index (κ2) is 5.79. The van der Waals surface area contributed by atoms with Crippen molar-refractivity contribution in [1.29, 1.82) is 0 Å². The number of halogens is 1. The second-order valence-electron chi connectivity index (χ2n) is 4.74. The van der Waals surface area contributed by atoms with E-state index in [0.29, 0.717) is 12.3 Å². The molecule has 0 saturated carbocycles. The van der Waals surface area contributed by atoms with E-state index in [1.165, 1.54) is 0 Å². The van der Waals surface area contributed by atoms with Crippen LogP contribution in [0.1, 0.15) is 11.1 Å². The van der Waals surface area contributed by atoms with Crippen LogP contribution < -0.4 is 10.5 Å². The maximum atomic E-state index is 6.03. The Labute approximate surface area is 131 Å². The van der Waals surface area contributed by atoms with E-state index in [1.807, 2.05) is 37.3 Å². The van der Waals surface area contributed by atoms with E-state index in [-0.39, 0.29) is 0 Å². The van der Waals surface area contributed by atoms with Gasteiger partial charge in [-0.05, 0) is 46.1 Å². The molecule has 0 amide bonds. The first kappa shape index (κ1) is 14.0. The Kier molecular flexibility index (Phi) is 3.86. The van der Waals surface area contributed by atoms with Gasteiger partial charge in [0, 0.05) is 29.5 Å². The van der Waals surface area contributed by atoms with Crippen LogP contribution in [0.4, 0.5) is 0 Å².